The van der Waals surface area contributed by atoms with Crippen molar-refractivity contribution in [3.8, 4) is 0 Å². The molecule has 0 aliphatic carbocycles. The SMILES string of the molecule is CCC(CCO)NS(=O)(=O)c1cc(Br)cnc1Cl. The molecule has 102 valence electrons. The molecular weight excluding hydrogens is 344 g/mol. The molecule has 1 atom stereocenters. The third kappa shape index (κ3) is 4.17. The Morgan fingerprint density at radius 2 is 2.28 bits per heavy atom. The summed E-state index contributed by atoms with van der Waals surface area (Å²) in [5.74, 6) is 0. The summed E-state index contributed by atoms with van der Waals surface area (Å²) in [6.07, 6.45) is 2.36. The van der Waals surface area contributed by atoms with E-state index in [1.807, 2.05) is 6.92 Å². The Bertz CT molecular complexity index is 510. The van der Waals surface area contributed by atoms with E-state index in [0.717, 1.165) is 0 Å². The number of rotatable bonds is 6. The molecule has 0 spiro atoms. The van der Waals surface area contributed by atoms with Crippen LogP contribution >= 0.6 is 27.5 Å². The van der Waals surface area contributed by atoms with Gasteiger partial charge in [0, 0.05) is 23.3 Å². The Labute approximate surface area is 120 Å². The van der Waals surface area contributed by atoms with Crippen LogP contribution in [-0.4, -0.2) is 31.2 Å². The van der Waals surface area contributed by atoms with E-state index < -0.39 is 10.0 Å². The van der Waals surface area contributed by atoms with Crippen LogP contribution in [0, 0.1) is 0 Å². The first kappa shape index (κ1) is 15.8. The van der Waals surface area contributed by atoms with Gasteiger partial charge in [0.25, 0.3) is 0 Å². The standard InChI is InChI=1S/C10H14BrClN2O3S/c1-2-8(3-4-15)14-18(16,17)9-5-7(11)6-13-10(9)12/h5-6,8,14-15H,2-4H2,1H3. The first-order chi connectivity index (χ1) is 8.40. The summed E-state index contributed by atoms with van der Waals surface area (Å²) in [6, 6.07) is 1.07. The van der Waals surface area contributed by atoms with Gasteiger partial charge in [-0.2, -0.15) is 0 Å². The van der Waals surface area contributed by atoms with Crippen molar-refractivity contribution in [2.24, 2.45) is 0 Å². The lowest BCUT2D eigenvalue weighted by atomic mass is 10.2. The molecule has 2 N–H and O–H groups in total. The summed E-state index contributed by atoms with van der Waals surface area (Å²) in [7, 11) is -3.73. The summed E-state index contributed by atoms with van der Waals surface area (Å²) in [5.41, 5.74) is 0. The number of aliphatic hydroxyl groups excluding tert-OH is 1. The molecule has 8 heteroatoms. The predicted octanol–water partition coefficient (Wildman–Crippen LogP) is 1.94. The Kier molecular flexibility index (Phi) is 6.00. The van der Waals surface area contributed by atoms with Crippen molar-refractivity contribution < 1.29 is 13.5 Å². The van der Waals surface area contributed by atoms with E-state index in [0.29, 0.717) is 17.3 Å². The van der Waals surface area contributed by atoms with Crippen LogP contribution in [0.2, 0.25) is 5.15 Å². The van der Waals surface area contributed by atoms with Gasteiger partial charge in [-0.15, -0.1) is 0 Å². The van der Waals surface area contributed by atoms with Crippen LogP contribution in [0.3, 0.4) is 0 Å². The molecule has 1 aromatic rings. The maximum Gasteiger partial charge on any atom is 0.243 e. The molecule has 0 aliphatic rings. The molecular formula is C10H14BrClN2O3S. The number of nitrogens with one attached hydrogen (secondary N) is 1. The van der Waals surface area contributed by atoms with Gasteiger partial charge in [0.15, 0.2) is 0 Å². The van der Waals surface area contributed by atoms with Gasteiger partial charge in [-0.1, -0.05) is 18.5 Å². The van der Waals surface area contributed by atoms with Gasteiger partial charge in [0.05, 0.1) is 0 Å². The van der Waals surface area contributed by atoms with Crippen molar-refractivity contribution in [3.05, 3.63) is 21.9 Å². The number of nitrogens with zero attached hydrogens (tertiary/aromatic N) is 1. The minimum absolute atomic E-state index is 0.0741. The summed E-state index contributed by atoms with van der Waals surface area (Å²) in [5, 5.41) is 8.77. The average molecular weight is 358 g/mol. The highest BCUT2D eigenvalue weighted by atomic mass is 79.9. The highest BCUT2D eigenvalue weighted by Gasteiger charge is 2.22. The second-order valence-electron chi connectivity index (χ2n) is 3.68. The van der Waals surface area contributed by atoms with Gasteiger partial charge in [-0.05, 0) is 34.8 Å². The average Bonchev–Trinajstić information content (AvgIpc) is 2.31. The number of aromatic nitrogens is 1. The molecule has 1 rings (SSSR count). The number of sulfonamides is 1. The van der Waals surface area contributed by atoms with E-state index in [4.69, 9.17) is 16.7 Å². The zero-order valence-electron chi connectivity index (χ0n) is 9.73. The van der Waals surface area contributed by atoms with Gasteiger partial charge in [0.2, 0.25) is 10.0 Å². The van der Waals surface area contributed by atoms with Gasteiger partial charge in [-0.3, -0.25) is 0 Å². The van der Waals surface area contributed by atoms with E-state index in [1.165, 1.54) is 12.3 Å². The number of hydrogen-bond acceptors (Lipinski definition) is 4. The Balaban J connectivity index is 3.02. The summed E-state index contributed by atoms with van der Waals surface area (Å²) in [4.78, 5) is 3.70. The van der Waals surface area contributed by atoms with Crippen LogP contribution in [0.1, 0.15) is 19.8 Å². The first-order valence-electron chi connectivity index (χ1n) is 5.35. The van der Waals surface area contributed by atoms with Gasteiger partial charge in [0.1, 0.15) is 10.0 Å². The Hall–Kier alpha value is -0.210. The zero-order chi connectivity index (χ0) is 13.8. The Morgan fingerprint density at radius 1 is 1.61 bits per heavy atom. The van der Waals surface area contributed by atoms with Crippen LogP contribution in [-0.2, 0) is 10.0 Å². The molecule has 0 radical (unpaired) electrons. The van der Waals surface area contributed by atoms with Crippen molar-refractivity contribution in [2.75, 3.05) is 6.61 Å². The highest BCUT2D eigenvalue weighted by Crippen LogP contribution is 2.23. The maximum absolute atomic E-state index is 12.1. The summed E-state index contributed by atoms with van der Waals surface area (Å²) >= 11 is 8.93. The van der Waals surface area contributed by atoms with Crippen LogP contribution in [0.5, 0.6) is 0 Å². The molecule has 18 heavy (non-hydrogen) atoms. The smallest absolute Gasteiger partial charge is 0.243 e. The van der Waals surface area contributed by atoms with Crippen molar-refractivity contribution in [2.45, 2.75) is 30.7 Å². The van der Waals surface area contributed by atoms with Gasteiger partial charge >= 0.3 is 0 Å². The second kappa shape index (κ2) is 6.81. The number of hydrogen-bond donors (Lipinski definition) is 2. The minimum atomic E-state index is -3.73. The lowest BCUT2D eigenvalue weighted by Gasteiger charge is -2.16. The van der Waals surface area contributed by atoms with Crippen molar-refractivity contribution >= 4 is 37.6 Å². The molecule has 5 nitrogen and oxygen atoms in total. The van der Waals surface area contributed by atoms with E-state index in [1.54, 1.807) is 0 Å². The van der Waals surface area contributed by atoms with Crippen molar-refractivity contribution in [1.29, 1.82) is 0 Å². The predicted molar refractivity (Wildman–Crippen MR) is 73.1 cm³/mol. The largest absolute Gasteiger partial charge is 0.396 e. The third-order valence-corrected chi connectivity index (χ3v) is 4.74. The molecule has 0 aromatic carbocycles. The monoisotopic (exact) mass is 356 g/mol. The van der Waals surface area contributed by atoms with Gasteiger partial charge < -0.3 is 5.11 Å². The normalized spacial score (nSPS) is 13.6. The number of aliphatic hydroxyl groups is 1. The molecule has 0 saturated carbocycles. The lowest BCUT2D eigenvalue weighted by molar-refractivity contribution is 0.270. The topological polar surface area (TPSA) is 79.3 Å². The third-order valence-electron chi connectivity index (χ3n) is 2.36. The molecule has 0 aliphatic heterocycles. The number of halogens is 2. The minimum Gasteiger partial charge on any atom is -0.396 e. The lowest BCUT2D eigenvalue weighted by Crippen LogP contribution is -2.35. The van der Waals surface area contributed by atoms with Crippen LogP contribution in [0.25, 0.3) is 0 Å². The molecule has 0 saturated heterocycles. The first-order valence-corrected chi connectivity index (χ1v) is 8.00. The maximum atomic E-state index is 12.1. The van der Waals surface area contributed by atoms with Crippen molar-refractivity contribution in [1.82, 2.24) is 9.71 Å². The van der Waals surface area contributed by atoms with E-state index in [9.17, 15) is 8.42 Å². The fraction of sp³-hybridized carbons (Fsp3) is 0.500. The quantitative estimate of drug-likeness (QED) is 0.763. The van der Waals surface area contributed by atoms with E-state index in [-0.39, 0.29) is 22.7 Å². The molecule has 0 amide bonds. The second-order valence-corrected chi connectivity index (χ2v) is 6.64. The molecule has 0 bridgehead atoms. The van der Waals surface area contributed by atoms with E-state index >= 15 is 0 Å². The summed E-state index contributed by atoms with van der Waals surface area (Å²) < 4.78 is 27.2. The van der Waals surface area contributed by atoms with Crippen molar-refractivity contribution in [3.63, 3.8) is 0 Å². The van der Waals surface area contributed by atoms with Crippen LogP contribution in [0.15, 0.2) is 21.6 Å². The van der Waals surface area contributed by atoms with E-state index in [2.05, 4.69) is 25.6 Å². The fourth-order valence-electron chi connectivity index (χ4n) is 1.38. The Morgan fingerprint density at radius 3 is 2.83 bits per heavy atom. The fourth-order valence-corrected chi connectivity index (χ4v) is 3.68. The molecule has 0 fully saturated rings. The van der Waals surface area contributed by atoms with Crippen LogP contribution < -0.4 is 4.72 Å². The highest BCUT2D eigenvalue weighted by molar-refractivity contribution is 9.10. The summed E-state index contributed by atoms with van der Waals surface area (Å²) in [6.45, 7) is 1.76. The molecule has 1 heterocycles. The molecule has 1 unspecified atom stereocenters. The van der Waals surface area contributed by atoms with Gasteiger partial charge in [-0.25, -0.2) is 18.1 Å². The molecule has 1 aromatic heterocycles. The zero-order valence-corrected chi connectivity index (χ0v) is 12.9. The van der Waals surface area contributed by atoms with Crippen LogP contribution in [0.4, 0.5) is 0 Å². The number of pyridine rings is 1.